The summed E-state index contributed by atoms with van der Waals surface area (Å²) in [5.41, 5.74) is 4.87. The molecule has 0 spiro atoms. The van der Waals surface area contributed by atoms with Crippen LogP contribution in [0.2, 0.25) is 0 Å². The molecule has 0 fully saturated rings. The maximum absolute atomic E-state index is 12.8. The highest BCUT2D eigenvalue weighted by atomic mass is 16.6. The van der Waals surface area contributed by atoms with Crippen LogP contribution in [0.3, 0.4) is 0 Å². The number of benzene rings is 1. The average Bonchev–Trinajstić information content (AvgIpc) is 3.21. The Bertz CT molecular complexity index is 1280. The van der Waals surface area contributed by atoms with Crippen LogP contribution in [0.1, 0.15) is 41.7 Å². The Kier molecular flexibility index (Phi) is 7.81. The SMILES string of the molecule is CC(C)(C)OC(=O)NCCNCC(=O)n1c(N)nc2nc(C(=O)OCc3ccccc3)[nH]c2c1=O. The predicted molar refractivity (Wildman–Crippen MR) is 126 cm³/mol. The number of esters is 1. The lowest BCUT2D eigenvalue weighted by molar-refractivity contribution is 0.0458. The van der Waals surface area contributed by atoms with Crippen molar-refractivity contribution in [3.8, 4) is 0 Å². The van der Waals surface area contributed by atoms with Gasteiger partial charge < -0.3 is 30.8 Å². The molecule has 2 aromatic heterocycles. The van der Waals surface area contributed by atoms with Gasteiger partial charge in [-0.25, -0.2) is 19.1 Å². The number of fused-ring (bicyclic) bond motifs is 1. The van der Waals surface area contributed by atoms with Crippen LogP contribution < -0.4 is 21.9 Å². The van der Waals surface area contributed by atoms with E-state index in [9.17, 15) is 19.2 Å². The Morgan fingerprint density at radius 2 is 1.83 bits per heavy atom. The number of amides is 1. The molecule has 13 heteroatoms. The first-order valence-corrected chi connectivity index (χ1v) is 10.7. The van der Waals surface area contributed by atoms with Crippen molar-refractivity contribution in [3.63, 3.8) is 0 Å². The molecule has 0 saturated carbocycles. The highest BCUT2D eigenvalue weighted by Gasteiger charge is 2.21. The number of alkyl carbamates (subject to hydrolysis) is 1. The number of nitrogen functional groups attached to an aromatic ring is 1. The van der Waals surface area contributed by atoms with Crippen LogP contribution in [0.15, 0.2) is 35.1 Å². The molecule has 13 nitrogen and oxygen atoms in total. The standard InChI is InChI=1S/C22H27N7O6/c1-22(2,3)35-21(33)25-10-9-24-11-14(30)29-18(31)15-16(28-20(29)23)27-17(26-15)19(32)34-12-13-7-5-4-6-8-13/h4-8,24H,9-12H2,1-3H3,(H2,23,28)(H,25,33)(H,26,27). The minimum Gasteiger partial charge on any atom is -0.455 e. The van der Waals surface area contributed by atoms with Gasteiger partial charge in [0.2, 0.25) is 17.7 Å². The zero-order valence-electron chi connectivity index (χ0n) is 19.6. The largest absolute Gasteiger partial charge is 0.455 e. The first kappa shape index (κ1) is 25.4. The average molecular weight is 486 g/mol. The van der Waals surface area contributed by atoms with Crippen molar-refractivity contribution in [1.29, 1.82) is 0 Å². The summed E-state index contributed by atoms with van der Waals surface area (Å²) < 4.78 is 11.0. The van der Waals surface area contributed by atoms with E-state index in [1.165, 1.54) is 0 Å². The molecule has 3 rings (SSSR count). The molecule has 0 aliphatic heterocycles. The van der Waals surface area contributed by atoms with Crippen molar-refractivity contribution in [1.82, 2.24) is 30.2 Å². The second-order valence-corrected chi connectivity index (χ2v) is 8.46. The van der Waals surface area contributed by atoms with E-state index in [0.717, 1.165) is 5.56 Å². The number of rotatable bonds is 8. The van der Waals surface area contributed by atoms with E-state index < -0.39 is 29.1 Å². The Labute approximate surface area is 200 Å². The van der Waals surface area contributed by atoms with Crippen LogP contribution in [0.25, 0.3) is 11.2 Å². The van der Waals surface area contributed by atoms with Gasteiger partial charge in [-0.15, -0.1) is 0 Å². The number of nitrogens with one attached hydrogen (secondary N) is 3. The van der Waals surface area contributed by atoms with E-state index in [4.69, 9.17) is 15.2 Å². The van der Waals surface area contributed by atoms with Gasteiger partial charge in [0.15, 0.2) is 11.2 Å². The van der Waals surface area contributed by atoms with E-state index >= 15 is 0 Å². The van der Waals surface area contributed by atoms with Crippen LogP contribution in [0.4, 0.5) is 10.7 Å². The van der Waals surface area contributed by atoms with Crippen molar-refractivity contribution in [3.05, 3.63) is 52.1 Å². The summed E-state index contributed by atoms with van der Waals surface area (Å²) in [6.07, 6.45) is -0.585. The molecular formula is C22H27N7O6. The lowest BCUT2D eigenvalue weighted by Crippen LogP contribution is -2.40. The molecule has 3 aromatic rings. The lowest BCUT2D eigenvalue weighted by Gasteiger charge is -2.19. The van der Waals surface area contributed by atoms with Crippen LogP contribution in [-0.4, -0.2) is 62.7 Å². The minimum atomic E-state index is -0.805. The monoisotopic (exact) mass is 485 g/mol. The highest BCUT2D eigenvalue weighted by molar-refractivity contribution is 5.91. The van der Waals surface area contributed by atoms with Gasteiger partial charge in [-0.3, -0.25) is 9.59 Å². The number of imidazole rings is 1. The van der Waals surface area contributed by atoms with Crippen molar-refractivity contribution in [2.45, 2.75) is 33.0 Å². The smallest absolute Gasteiger partial charge is 0.407 e. The number of nitrogens with zero attached hydrogens (tertiary/aromatic N) is 3. The molecule has 1 aromatic carbocycles. The van der Waals surface area contributed by atoms with E-state index in [2.05, 4.69) is 25.6 Å². The zero-order valence-corrected chi connectivity index (χ0v) is 19.6. The first-order valence-electron chi connectivity index (χ1n) is 10.7. The van der Waals surface area contributed by atoms with Gasteiger partial charge in [-0.05, 0) is 26.3 Å². The maximum Gasteiger partial charge on any atom is 0.407 e. The third-order valence-electron chi connectivity index (χ3n) is 4.45. The Morgan fingerprint density at radius 3 is 2.51 bits per heavy atom. The summed E-state index contributed by atoms with van der Waals surface area (Å²) in [7, 11) is 0. The number of nitrogens with two attached hydrogens (primary N) is 1. The second kappa shape index (κ2) is 10.8. The topological polar surface area (TPSA) is 183 Å². The summed E-state index contributed by atoms with van der Waals surface area (Å²) >= 11 is 0. The molecule has 2 heterocycles. The van der Waals surface area contributed by atoms with Gasteiger partial charge in [-0.1, -0.05) is 30.3 Å². The lowest BCUT2D eigenvalue weighted by atomic mass is 10.2. The molecule has 0 aliphatic rings. The Balaban J connectivity index is 1.60. The number of carbonyl (C=O) groups is 3. The number of aromatic nitrogens is 4. The van der Waals surface area contributed by atoms with Crippen LogP contribution in [0, 0.1) is 0 Å². The molecule has 0 radical (unpaired) electrons. The number of ether oxygens (including phenoxy) is 2. The Morgan fingerprint density at radius 1 is 1.11 bits per heavy atom. The van der Waals surface area contributed by atoms with E-state index in [0.29, 0.717) is 4.57 Å². The molecule has 35 heavy (non-hydrogen) atoms. The van der Waals surface area contributed by atoms with E-state index in [1.807, 2.05) is 18.2 Å². The van der Waals surface area contributed by atoms with Gasteiger partial charge in [0.25, 0.3) is 5.56 Å². The fraction of sp³-hybridized carbons (Fsp3) is 0.364. The van der Waals surface area contributed by atoms with Crippen LogP contribution >= 0.6 is 0 Å². The van der Waals surface area contributed by atoms with E-state index in [1.54, 1.807) is 32.9 Å². The Hall–Kier alpha value is -4.26. The molecule has 5 N–H and O–H groups in total. The minimum absolute atomic E-state index is 0.0173. The third-order valence-corrected chi connectivity index (χ3v) is 4.45. The summed E-state index contributed by atoms with van der Waals surface area (Å²) in [6.45, 7) is 5.42. The van der Waals surface area contributed by atoms with Crippen molar-refractivity contribution in [2.75, 3.05) is 25.4 Å². The van der Waals surface area contributed by atoms with Gasteiger partial charge in [0, 0.05) is 13.1 Å². The molecule has 0 atom stereocenters. The molecular weight excluding hydrogens is 458 g/mol. The first-order chi connectivity index (χ1) is 16.5. The van der Waals surface area contributed by atoms with E-state index in [-0.39, 0.29) is 49.2 Å². The predicted octanol–water partition coefficient (Wildman–Crippen LogP) is 0.813. The molecule has 0 bridgehead atoms. The molecule has 0 unspecified atom stereocenters. The third kappa shape index (κ3) is 6.86. The number of aromatic amines is 1. The zero-order chi connectivity index (χ0) is 25.6. The fourth-order valence-electron chi connectivity index (χ4n) is 2.94. The molecule has 1 amide bonds. The molecule has 186 valence electrons. The fourth-order valence-corrected chi connectivity index (χ4v) is 2.94. The summed E-state index contributed by atoms with van der Waals surface area (Å²) in [5, 5.41) is 5.33. The number of H-pyrrole nitrogens is 1. The maximum atomic E-state index is 12.8. The summed E-state index contributed by atoms with van der Waals surface area (Å²) in [4.78, 5) is 59.8. The van der Waals surface area contributed by atoms with Gasteiger partial charge in [0.1, 0.15) is 12.2 Å². The van der Waals surface area contributed by atoms with Gasteiger partial charge >= 0.3 is 12.1 Å². The van der Waals surface area contributed by atoms with Crippen LogP contribution in [-0.2, 0) is 16.1 Å². The van der Waals surface area contributed by atoms with Gasteiger partial charge in [0.05, 0.1) is 6.54 Å². The van der Waals surface area contributed by atoms with Crippen molar-refractivity contribution < 1.29 is 23.9 Å². The van der Waals surface area contributed by atoms with Crippen molar-refractivity contribution in [2.24, 2.45) is 0 Å². The van der Waals surface area contributed by atoms with Crippen molar-refractivity contribution >= 4 is 35.1 Å². The second-order valence-electron chi connectivity index (χ2n) is 8.46. The summed E-state index contributed by atoms with van der Waals surface area (Å²) in [5.74, 6) is -2.09. The van der Waals surface area contributed by atoms with Gasteiger partial charge in [-0.2, -0.15) is 4.98 Å². The number of anilines is 1. The molecule has 0 aliphatic carbocycles. The highest BCUT2D eigenvalue weighted by Crippen LogP contribution is 2.10. The van der Waals surface area contributed by atoms with Crippen LogP contribution in [0.5, 0.6) is 0 Å². The number of hydrogen-bond acceptors (Lipinski definition) is 10. The quantitative estimate of drug-likeness (QED) is 0.263. The molecule has 0 saturated heterocycles. The summed E-state index contributed by atoms with van der Waals surface area (Å²) in [6, 6.07) is 9.04. The number of hydrogen-bond donors (Lipinski definition) is 4. The number of carbonyl (C=O) groups excluding carboxylic acids is 3. The normalized spacial score (nSPS) is 11.3.